The predicted molar refractivity (Wildman–Crippen MR) is 108 cm³/mol. The second kappa shape index (κ2) is 9.58. The molecule has 1 aromatic heterocycles. The van der Waals surface area contributed by atoms with E-state index in [0.717, 1.165) is 29.1 Å². The second-order valence-electron chi connectivity index (χ2n) is 5.68. The molecule has 0 aliphatic rings. The van der Waals surface area contributed by atoms with Crippen molar-refractivity contribution in [1.29, 1.82) is 0 Å². The highest BCUT2D eigenvalue weighted by Gasteiger charge is 2.07. The molecule has 1 heterocycles. The van der Waals surface area contributed by atoms with Gasteiger partial charge in [-0.2, -0.15) is 0 Å². The number of carbonyl (C=O) groups is 1. The van der Waals surface area contributed by atoms with Gasteiger partial charge < -0.3 is 15.5 Å². The van der Waals surface area contributed by atoms with Gasteiger partial charge in [-0.15, -0.1) is 11.3 Å². The highest BCUT2D eigenvalue weighted by molar-refractivity contribution is 9.10. The maximum atomic E-state index is 11.9. The van der Waals surface area contributed by atoms with E-state index in [1.165, 1.54) is 4.88 Å². The minimum Gasteiger partial charge on any atom is -0.357 e. The van der Waals surface area contributed by atoms with Crippen LogP contribution in [-0.2, 0) is 13.1 Å². The van der Waals surface area contributed by atoms with Crippen molar-refractivity contribution in [3.8, 4) is 0 Å². The first-order chi connectivity index (χ1) is 12.0. The molecule has 0 unspecified atom stereocenters. The monoisotopic (exact) mass is 422 g/mol. The molecule has 0 saturated heterocycles. The van der Waals surface area contributed by atoms with Crippen molar-refractivity contribution in [3.05, 3.63) is 56.2 Å². The summed E-state index contributed by atoms with van der Waals surface area (Å²) in [6.07, 6.45) is 0. The molecule has 2 aromatic rings. The normalized spacial score (nSPS) is 11.3. The van der Waals surface area contributed by atoms with Gasteiger partial charge in [0, 0.05) is 40.9 Å². The number of hydrogen-bond acceptors (Lipinski definition) is 3. The Hall–Kier alpha value is -1.86. The summed E-state index contributed by atoms with van der Waals surface area (Å²) in [5.74, 6) is 0.785. The topological polar surface area (TPSA) is 56.7 Å². The van der Waals surface area contributed by atoms with E-state index < -0.39 is 0 Å². The molecule has 2 N–H and O–H groups in total. The molecule has 7 heteroatoms. The van der Waals surface area contributed by atoms with Crippen LogP contribution in [0.4, 0.5) is 0 Å². The number of hydrogen-bond donors (Lipinski definition) is 2. The lowest BCUT2D eigenvalue weighted by Gasteiger charge is -2.11. The van der Waals surface area contributed by atoms with E-state index in [9.17, 15) is 4.79 Å². The lowest BCUT2D eigenvalue weighted by Crippen LogP contribution is -2.36. The molecule has 5 nitrogen and oxygen atoms in total. The van der Waals surface area contributed by atoms with Crippen LogP contribution in [-0.4, -0.2) is 37.4 Å². The van der Waals surface area contributed by atoms with Gasteiger partial charge in [0.1, 0.15) is 0 Å². The number of carbonyl (C=O) groups excluding carboxylic acids is 1. The Balaban J connectivity index is 1.96. The van der Waals surface area contributed by atoms with E-state index in [4.69, 9.17) is 0 Å². The molecule has 0 spiro atoms. The van der Waals surface area contributed by atoms with Crippen molar-refractivity contribution in [1.82, 2.24) is 15.5 Å². The molecule has 0 radical (unpaired) electrons. The molecule has 1 amide bonds. The van der Waals surface area contributed by atoms with Crippen molar-refractivity contribution < 1.29 is 4.79 Å². The van der Waals surface area contributed by atoms with Crippen molar-refractivity contribution >= 4 is 39.1 Å². The quantitative estimate of drug-likeness (QED) is 0.553. The minimum atomic E-state index is 0.00663. The molecule has 0 aliphatic carbocycles. The summed E-state index contributed by atoms with van der Waals surface area (Å²) in [7, 11) is 3.50. The molecule has 0 aliphatic heterocycles. The highest BCUT2D eigenvalue weighted by Crippen LogP contribution is 2.19. The van der Waals surface area contributed by atoms with Gasteiger partial charge in [0.15, 0.2) is 5.96 Å². The summed E-state index contributed by atoms with van der Waals surface area (Å²) in [5.41, 5.74) is 1.75. The molecule has 2 rings (SSSR count). The van der Waals surface area contributed by atoms with Crippen molar-refractivity contribution in [3.63, 3.8) is 0 Å². The predicted octanol–water partition coefficient (Wildman–Crippen LogP) is 3.47. The maximum absolute atomic E-state index is 11.9. The summed E-state index contributed by atoms with van der Waals surface area (Å²) < 4.78 is 1.10. The average Bonchev–Trinajstić information content (AvgIpc) is 3.02. The standard InChI is InChI=1S/C18H23BrN4OS/c1-4-20-18(22-11-16-9-15(19)12-25-16)21-10-13-5-7-14(8-6-13)17(24)23(2)3/h5-9,12H,4,10-11H2,1-3H3,(H2,20,21,22). The average molecular weight is 423 g/mol. The Labute approximate surface area is 161 Å². The summed E-state index contributed by atoms with van der Waals surface area (Å²) in [4.78, 5) is 19.3. The first-order valence-corrected chi connectivity index (χ1v) is 9.72. The number of amides is 1. The van der Waals surface area contributed by atoms with Crippen LogP contribution >= 0.6 is 27.3 Å². The van der Waals surface area contributed by atoms with Gasteiger partial charge in [-0.05, 0) is 46.6 Å². The van der Waals surface area contributed by atoms with Crippen molar-refractivity contribution in [2.75, 3.05) is 20.6 Å². The number of nitrogens with zero attached hydrogens (tertiary/aromatic N) is 2. The SMILES string of the molecule is CCNC(=NCc1ccc(C(=O)N(C)C)cc1)NCc1cc(Br)cs1. The molecule has 0 saturated carbocycles. The Morgan fingerprint density at radius 2 is 1.96 bits per heavy atom. The Morgan fingerprint density at radius 3 is 2.52 bits per heavy atom. The minimum absolute atomic E-state index is 0.00663. The van der Waals surface area contributed by atoms with Crippen LogP contribution in [0.5, 0.6) is 0 Å². The van der Waals surface area contributed by atoms with E-state index >= 15 is 0 Å². The molecule has 1 aromatic carbocycles. The van der Waals surface area contributed by atoms with Crippen LogP contribution in [0.2, 0.25) is 0 Å². The largest absolute Gasteiger partial charge is 0.357 e. The first kappa shape index (κ1) is 19.5. The van der Waals surface area contributed by atoms with Gasteiger partial charge >= 0.3 is 0 Å². The fourth-order valence-corrected chi connectivity index (χ4v) is 3.53. The summed E-state index contributed by atoms with van der Waals surface area (Å²) >= 11 is 5.17. The lowest BCUT2D eigenvalue weighted by molar-refractivity contribution is 0.0827. The van der Waals surface area contributed by atoms with E-state index in [2.05, 4.69) is 43.0 Å². The van der Waals surface area contributed by atoms with Gasteiger partial charge in [0.25, 0.3) is 5.91 Å². The molecule has 0 atom stereocenters. The van der Waals surface area contributed by atoms with Gasteiger partial charge in [-0.3, -0.25) is 4.79 Å². The summed E-state index contributed by atoms with van der Waals surface area (Å²) in [6.45, 7) is 4.13. The van der Waals surface area contributed by atoms with Crippen LogP contribution in [0.3, 0.4) is 0 Å². The number of aliphatic imine (C=N–C) groups is 1. The van der Waals surface area contributed by atoms with Crippen LogP contribution in [0.25, 0.3) is 0 Å². The van der Waals surface area contributed by atoms with E-state index in [-0.39, 0.29) is 5.91 Å². The number of thiophene rings is 1. The molecule has 25 heavy (non-hydrogen) atoms. The molecule has 134 valence electrons. The summed E-state index contributed by atoms with van der Waals surface area (Å²) in [6, 6.07) is 9.68. The Kier molecular flexibility index (Phi) is 7.46. The maximum Gasteiger partial charge on any atom is 0.253 e. The van der Waals surface area contributed by atoms with Crippen LogP contribution in [0.1, 0.15) is 27.7 Å². The molecular formula is C18H23BrN4OS. The Bertz CT molecular complexity index is 725. The number of benzene rings is 1. The molecular weight excluding hydrogens is 400 g/mol. The zero-order chi connectivity index (χ0) is 18.2. The fraction of sp³-hybridized carbons (Fsp3) is 0.333. The number of rotatable bonds is 6. The molecule has 0 fully saturated rings. The highest BCUT2D eigenvalue weighted by atomic mass is 79.9. The number of halogens is 1. The third-order valence-electron chi connectivity index (χ3n) is 3.42. The fourth-order valence-electron chi connectivity index (χ4n) is 2.14. The van der Waals surface area contributed by atoms with Gasteiger partial charge in [-0.25, -0.2) is 4.99 Å². The third kappa shape index (κ3) is 6.17. The van der Waals surface area contributed by atoms with E-state index in [1.807, 2.05) is 31.2 Å². The zero-order valence-corrected chi connectivity index (χ0v) is 17.1. The zero-order valence-electron chi connectivity index (χ0n) is 14.7. The van der Waals surface area contributed by atoms with Gasteiger partial charge in [-0.1, -0.05) is 12.1 Å². The first-order valence-electron chi connectivity index (χ1n) is 8.05. The van der Waals surface area contributed by atoms with E-state index in [1.54, 1.807) is 30.3 Å². The second-order valence-corrected chi connectivity index (χ2v) is 7.59. The smallest absolute Gasteiger partial charge is 0.253 e. The Morgan fingerprint density at radius 1 is 1.24 bits per heavy atom. The summed E-state index contributed by atoms with van der Waals surface area (Å²) in [5, 5.41) is 8.65. The number of guanidine groups is 1. The van der Waals surface area contributed by atoms with E-state index in [0.29, 0.717) is 12.1 Å². The van der Waals surface area contributed by atoms with Gasteiger partial charge in [0.2, 0.25) is 0 Å². The van der Waals surface area contributed by atoms with Gasteiger partial charge in [0.05, 0.1) is 13.1 Å². The van der Waals surface area contributed by atoms with Crippen LogP contribution in [0.15, 0.2) is 45.2 Å². The number of nitrogens with one attached hydrogen (secondary N) is 2. The van der Waals surface area contributed by atoms with Crippen LogP contribution < -0.4 is 10.6 Å². The molecule has 0 bridgehead atoms. The van der Waals surface area contributed by atoms with Crippen molar-refractivity contribution in [2.24, 2.45) is 4.99 Å². The van der Waals surface area contributed by atoms with Crippen molar-refractivity contribution in [2.45, 2.75) is 20.0 Å². The van der Waals surface area contributed by atoms with Crippen LogP contribution in [0, 0.1) is 0 Å². The third-order valence-corrected chi connectivity index (χ3v) is 5.12. The lowest BCUT2D eigenvalue weighted by atomic mass is 10.1.